The van der Waals surface area contributed by atoms with Gasteiger partial charge in [-0.05, 0) is 49.3 Å². The number of imide groups is 1. The van der Waals surface area contributed by atoms with E-state index in [4.69, 9.17) is 10.5 Å². The Hall–Kier alpha value is -6.82. The number of aliphatic hydroxyl groups is 3. The van der Waals surface area contributed by atoms with Crippen LogP contribution in [-0.4, -0.2) is 210 Å². The Morgan fingerprint density at radius 1 is 0.885 bits per heavy atom. The predicted molar refractivity (Wildman–Crippen MR) is 315 cm³/mol. The molecule has 6 heterocycles. The topological polar surface area (TPSA) is 404 Å². The average Bonchev–Trinajstić information content (AvgIpc) is 1.75. The molecule has 0 saturated carbocycles. The number of carbonyl (C=O) groups excluding carboxylic acids is 12. The highest BCUT2D eigenvalue weighted by Crippen LogP contribution is 2.39. The molecule has 3 saturated heterocycles. The van der Waals surface area contributed by atoms with Crippen LogP contribution in [-0.2, 0) is 80.5 Å². The lowest BCUT2D eigenvalue weighted by Crippen LogP contribution is -2.60. The minimum absolute atomic E-state index is 0.0335. The number of nitrogens with two attached hydrogens (primary N) is 1. The fraction of sp³-hybridized carbons (Fsp3) is 0.655. The van der Waals surface area contributed by atoms with Gasteiger partial charge in [-0.3, -0.25) is 66.6 Å². The maximum atomic E-state index is 15.4. The van der Waals surface area contributed by atoms with Crippen molar-refractivity contribution < 1.29 is 81.8 Å². The molecule has 478 valence electrons. The van der Waals surface area contributed by atoms with E-state index in [1.807, 2.05) is 0 Å². The molecule has 11 N–H and O–H groups in total. The van der Waals surface area contributed by atoms with Gasteiger partial charge in [0.2, 0.25) is 59.1 Å². The number of methoxy groups -OCH3 is 1. The highest BCUT2D eigenvalue weighted by molar-refractivity contribution is 7.99. The molecule has 29 heteroatoms. The van der Waals surface area contributed by atoms with Crippen molar-refractivity contribution in [2.45, 2.75) is 157 Å². The van der Waals surface area contributed by atoms with E-state index >= 15 is 9.00 Å². The number of Topliss-reactive ketones (excluding diaryl/α,β-unsaturated/α-hetero) is 2. The quantitative estimate of drug-likeness (QED) is 0.0627. The first kappa shape index (κ1) is 67.7. The minimum Gasteiger partial charge on any atom is -0.496 e. The molecular formula is C58H82N10O17S2. The molecule has 87 heavy (non-hydrogen) atoms. The summed E-state index contributed by atoms with van der Waals surface area (Å²) in [6.07, 6.45) is -2.45. The molecule has 7 rings (SSSR count). The van der Waals surface area contributed by atoms with Crippen LogP contribution in [0.4, 0.5) is 0 Å². The number of aromatic amines is 1. The van der Waals surface area contributed by atoms with Crippen molar-refractivity contribution in [2.24, 2.45) is 35.3 Å². The number of amides is 10. The molecule has 27 nitrogen and oxygen atoms in total. The second-order valence-corrected chi connectivity index (χ2v) is 26.3. The predicted octanol–water partition coefficient (Wildman–Crippen LogP) is -1.65. The number of nitrogens with zero attached hydrogens (tertiary/aromatic N) is 3. The molecule has 1 aromatic heterocycles. The standard InChI is InChI=1S/C58H82N10O17S2/c1-6-29(2)37-19-33(70)22-60-52(78)32-17-38-36-11-12-45(85-5)39(27-86-35-13-15-66(25-35)48(76)10-8-7-9-14-67-49(77)16-30(3)57(67)82)51(36)65-56(38)87(84)28-41(62-47(75)23-61-53(37)79)54(80)63-40(21-46(59)74)58(83)68-24-34(71)20-42(68)55(81)64-50(43(72)18-32)31(4)44(73)26-69/h11-12,29-32,34-35,37,40-42,44,50,65,69,71,73H,6-10,13-28H2,1-5H3,(H2,59,74)(H,60,78)(H,61,79)(H,62,75)(H,63,80)(H,64,81)/t29-,30?,31-,32+,34+,35-,37-,40-,41-,42-,44-,50-,87?/m0/s1. The molecule has 2 bridgehead atoms. The first-order chi connectivity index (χ1) is 41.3. The summed E-state index contributed by atoms with van der Waals surface area (Å²) in [5, 5.41) is 44.9. The highest BCUT2D eigenvalue weighted by Gasteiger charge is 2.45. The number of aromatic nitrogens is 1. The number of thioether (sulfide) groups is 1. The third kappa shape index (κ3) is 16.7. The molecule has 1 aromatic carbocycles. The maximum Gasteiger partial charge on any atom is 0.246 e. The monoisotopic (exact) mass is 1250 g/mol. The summed E-state index contributed by atoms with van der Waals surface area (Å²) >= 11 is 1.52. The van der Waals surface area contributed by atoms with E-state index in [1.54, 1.807) is 37.8 Å². The van der Waals surface area contributed by atoms with Gasteiger partial charge in [0.15, 0.2) is 11.6 Å². The number of unbranched alkanes of at least 4 members (excludes halogenated alkanes) is 2. The van der Waals surface area contributed by atoms with Gasteiger partial charge in [-0.2, -0.15) is 11.8 Å². The molecule has 2 unspecified atom stereocenters. The Kier molecular flexibility index (Phi) is 23.6. The number of nitrogens with one attached hydrogen (secondary N) is 6. The van der Waals surface area contributed by atoms with Crippen LogP contribution in [0.25, 0.3) is 10.9 Å². The first-order valence-electron chi connectivity index (χ1n) is 29.7. The van der Waals surface area contributed by atoms with Crippen molar-refractivity contribution in [1.82, 2.24) is 46.3 Å². The first-order valence-corrected chi connectivity index (χ1v) is 32.1. The van der Waals surface area contributed by atoms with E-state index in [2.05, 4.69) is 31.6 Å². The lowest BCUT2D eigenvalue weighted by molar-refractivity contribution is -0.144. The number of H-pyrrole nitrogens is 1. The van der Waals surface area contributed by atoms with Gasteiger partial charge in [0, 0.05) is 104 Å². The molecule has 13 atom stereocenters. The van der Waals surface area contributed by atoms with Crippen LogP contribution in [0.3, 0.4) is 0 Å². The Labute approximate surface area is 510 Å². The van der Waals surface area contributed by atoms with E-state index in [0.717, 1.165) is 4.90 Å². The van der Waals surface area contributed by atoms with Gasteiger partial charge in [0.25, 0.3) is 0 Å². The molecular weight excluding hydrogens is 1170 g/mol. The summed E-state index contributed by atoms with van der Waals surface area (Å²) in [4.78, 5) is 173. The van der Waals surface area contributed by atoms with Crippen LogP contribution in [0.5, 0.6) is 5.75 Å². The van der Waals surface area contributed by atoms with Gasteiger partial charge in [0.1, 0.15) is 28.9 Å². The fourth-order valence-corrected chi connectivity index (χ4v) is 14.6. The van der Waals surface area contributed by atoms with Crippen LogP contribution in [0, 0.1) is 29.6 Å². The fourth-order valence-electron chi connectivity index (χ4n) is 12.0. The van der Waals surface area contributed by atoms with E-state index in [9.17, 15) is 68.1 Å². The number of likely N-dealkylation sites (tertiary alicyclic amines) is 2. The van der Waals surface area contributed by atoms with E-state index in [0.29, 0.717) is 74.0 Å². The number of ketones is 2. The third-order valence-corrected chi connectivity index (χ3v) is 20.1. The van der Waals surface area contributed by atoms with Crippen LogP contribution in [0.1, 0.15) is 109 Å². The molecule has 3 fully saturated rings. The number of rotatable bonds is 17. The van der Waals surface area contributed by atoms with Gasteiger partial charge in [-0.25, -0.2) is 0 Å². The summed E-state index contributed by atoms with van der Waals surface area (Å²) < 4.78 is 21.3. The zero-order chi connectivity index (χ0) is 63.6. The largest absolute Gasteiger partial charge is 0.496 e. The van der Waals surface area contributed by atoms with Gasteiger partial charge in [0.05, 0.1) is 73.5 Å². The van der Waals surface area contributed by atoms with Crippen molar-refractivity contribution in [3.05, 3.63) is 23.3 Å². The lowest BCUT2D eigenvalue weighted by atomic mass is 9.85. The van der Waals surface area contributed by atoms with Crippen molar-refractivity contribution in [3.8, 4) is 5.75 Å². The van der Waals surface area contributed by atoms with Gasteiger partial charge in [-0.15, -0.1) is 0 Å². The Morgan fingerprint density at radius 3 is 2.30 bits per heavy atom. The second kappa shape index (κ2) is 30.4. The Morgan fingerprint density at radius 2 is 1.62 bits per heavy atom. The average molecular weight is 1260 g/mol. The zero-order valence-electron chi connectivity index (χ0n) is 49.7. The second-order valence-electron chi connectivity index (χ2n) is 23.6. The van der Waals surface area contributed by atoms with E-state index < -0.39 is 181 Å². The minimum atomic E-state index is -2.42. The zero-order valence-corrected chi connectivity index (χ0v) is 51.4. The highest BCUT2D eigenvalue weighted by atomic mass is 32.2. The number of ether oxygens (including phenoxy) is 1. The summed E-state index contributed by atoms with van der Waals surface area (Å²) in [6.45, 7) is 5.06. The van der Waals surface area contributed by atoms with Gasteiger partial charge in [-0.1, -0.05) is 40.5 Å². The number of primary amides is 1. The van der Waals surface area contributed by atoms with Crippen LogP contribution in [0.2, 0.25) is 0 Å². The number of benzene rings is 1. The van der Waals surface area contributed by atoms with Crippen molar-refractivity contribution in [1.29, 1.82) is 0 Å². The van der Waals surface area contributed by atoms with Crippen molar-refractivity contribution in [2.75, 3.05) is 58.7 Å². The molecule has 5 aliphatic heterocycles. The molecule has 2 aromatic rings. The smallest absolute Gasteiger partial charge is 0.246 e. The Balaban J connectivity index is 1.29. The SMILES string of the molecule is CC[C@H](C)[C@@H]1CC(=O)CNC(=O)[C@H]2CC(=O)[C@H]([C@@H](C)[C@@H](O)CO)NC(=O)[C@@H]3C[C@@H](O)CN3C(=O)[C@H](CC(N)=O)NC(=O)[C@H](CS(=O)c3[nH]c4c(CS[C@H]5CCN(C(=O)CCCCCN6C(=O)CC(C)C6=O)C5)c(OC)ccc4c3C2)NC(=O)CNC1=O. The number of carbonyl (C=O) groups is 12. The molecule has 0 radical (unpaired) electrons. The third-order valence-electron chi connectivity index (χ3n) is 17.3. The molecule has 5 aliphatic rings. The van der Waals surface area contributed by atoms with Gasteiger partial charge < -0.3 is 67.2 Å². The summed E-state index contributed by atoms with van der Waals surface area (Å²) in [5.41, 5.74) is 6.71. The van der Waals surface area contributed by atoms with E-state index in [1.165, 1.54) is 30.7 Å². The number of aliphatic hydroxyl groups excluding tert-OH is 3. The van der Waals surface area contributed by atoms with Crippen molar-refractivity contribution in [3.63, 3.8) is 0 Å². The normalized spacial score (nSPS) is 27.9. The van der Waals surface area contributed by atoms with Crippen LogP contribution < -0.4 is 37.1 Å². The van der Waals surface area contributed by atoms with Gasteiger partial charge >= 0.3 is 0 Å². The summed E-state index contributed by atoms with van der Waals surface area (Å²) in [5.74, 6) is -13.4. The molecule has 10 amide bonds. The Bertz CT molecular complexity index is 3010. The van der Waals surface area contributed by atoms with Crippen LogP contribution >= 0.6 is 11.8 Å². The number of hydrogen-bond donors (Lipinski definition) is 10. The lowest BCUT2D eigenvalue weighted by Gasteiger charge is -2.32. The summed E-state index contributed by atoms with van der Waals surface area (Å²) in [7, 11) is -0.975. The van der Waals surface area contributed by atoms with Crippen molar-refractivity contribution >= 4 is 104 Å². The maximum absolute atomic E-state index is 15.4. The van der Waals surface area contributed by atoms with E-state index in [-0.39, 0.29) is 64.5 Å². The van der Waals surface area contributed by atoms with Crippen LogP contribution in [0.15, 0.2) is 17.2 Å². The summed E-state index contributed by atoms with van der Waals surface area (Å²) in [6, 6.07) is -3.67. The number of fused-ring (bicyclic) bond motifs is 5. The molecule has 0 spiro atoms. The number of hydrogen-bond acceptors (Lipinski definition) is 18. The molecule has 0 aliphatic carbocycles.